The molecule has 1 fully saturated rings. The number of aryl methyl sites for hydroxylation is 1. The molecule has 0 radical (unpaired) electrons. The Kier molecular flexibility index (Phi) is 7.34. The zero-order valence-corrected chi connectivity index (χ0v) is 21.6. The Hall–Kier alpha value is -3.00. The quantitative estimate of drug-likeness (QED) is 0.422. The first-order chi connectivity index (χ1) is 17.3. The standard InChI is InChI=1S/C27H31F3N4O2S/c1-18-15-21(37(2,35)36)8-9-24(18)33-14-4-5-20-16-22-23(26(32)12-10-19(31)11-13-26)6-3-7-25(22)34(20)17-27(28,29)30/h3,6-9,15-16,19,33H,10-14,17,31-32H2,1-2H3. The van der Waals surface area contributed by atoms with Gasteiger partial charge in [0.05, 0.1) is 17.1 Å². The molecule has 6 nitrogen and oxygen atoms in total. The Bertz CT molecular complexity index is 1480. The minimum absolute atomic E-state index is 0.0887. The van der Waals surface area contributed by atoms with Crippen LogP contribution in [0.5, 0.6) is 0 Å². The maximum atomic E-state index is 13.5. The van der Waals surface area contributed by atoms with Crippen LogP contribution in [-0.2, 0) is 21.9 Å². The molecule has 3 aromatic rings. The van der Waals surface area contributed by atoms with E-state index in [0.29, 0.717) is 29.4 Å². The first-order valence-electron chi connectivity index (χ1n) is 12.0. The molecule has 1 aliphatic carbocycles. The molecular weight excluding hydrogens is 501 g/mol. The molecule has 0 spiro atoms. The Morgan fingerprint density at radius 3 is 2.49 bits per heavy atom. The van der Waals surface area contributed by atoms with Crippen molar-refractivity contribution in [1.29, 1.82) is 0 Å². The summed E-state index contributed by atoms with van der Waals surface area (Å²) in [5.74, 6) is 5.80. The van der Waals surface area contributed by atoms with Gasteiger partial charge in [-0.15, -0.1) is 0 Å². The molecule has 1 heterocycles. The average molecular weight is 533 g/mol. The normalized spacial score (nSPS) is 20.5. The van der Waals surface area contributed by atoms with Gasteiger partial charge < -0.3 is 21.4 Å². The van der Waals surface area contributed by atoms with E-state index in [4.69, 9.17) is 11.5 Å². The van der Waals surface area contributed by atoms with Crippen LogP contribution in [0.1, 0.15) is 42.5 Å². The molecular formula is C27H31F3N4O2S. The third kappa shape index (κ3) is 6.12. The van der Waals surface area contributed by atoms with Gasteiger partial charge in [-0.25, -0.2) is 8.42 Å². The summed E-state index contributed by atoms with van der Waals surface area (Å²) in [7, 11) is -3.32. The van der Waals surface area contributed by atoms with Crippen LogP contribution >= 0.6 is 0 Å². The van der Waals surface area contributed by atoms with Crippen molar-refractivity contribution in [2.45, 2.75) is 61.8 Å². The summed E-state index contributed by atoms with van der Waals surface area (Å²) >= 11 is 0. The lowest BCUT2D eigenvalue weighted by Gasteiger charge is -2.37. The van der Waals surface area contributed by atoms with E-state index >= 15 is 0 Å². The monoisotopic (exact) mass is 532 g/mol. The van der Waals surface area contributed by atoms with E-state index in [1.807, 2.05) is 6.07 Å². The van der Waals surface area contributed by atoms with Gasteiger partial charge in [-0.2, -0.15) is 13.2 Å². The van der Waals surface area contributed by atoms with Crippen LogP contribution in [0, 0.1) is 18.8 Å². The van der Waals surface area contributed by atoms with Crippen molar-refractivity contribution < 1.29 is 21.6 Å². The minimum atomic E-state index is -4.42. The highest BCUT2D eigenvalue weighted by molar-refractivity contribution is 7.90. The highest BCUT2D eigenvalue weighted by atomic mass is 32.2. The molecule has 10 heteroatoms. The number of benzene rings is 2. The van der Waals surface area contributed by atoms with E-state index in [1.165, 1.54) is 10.6 Å². The lowest BCUT2D eigenvalue weighted by molar-refractivity contribution is -0.140. The van der Waals surface area contributed by atoms with Crippen LogP contribution in [0.15, 0.2) is 47.4 Å². The fraction of sp³-hybridized carbons (Fsp3) is 0.407. The fourth-order valence-electron chi connectivity index (χ4n) is 4.94. The molecule has 0 aliphatic heterocycles. The number of nitrogens with one attached hydrogen (secondary N) is 1. The summed E-state index contributed by atoms with van der Waals surface area (Å²) in [6.07, 6.45) is -0.424. The number of nitrogens with two attached hydrogens (primary N) is 2. The molecule has 0 atom stereocenters. The number of hydrogen-bond donors (Lipinski definition) is 3. The van der Waals surface area contributed by atoms with Crippen LogP contribution in [0.2, 0.25) is 0 Å². The van der Waals surface area contributed by atoms with Gasteiger partial charge in [0.25, 0.3) is 0 Å². The van der Waals surface area contributed by atoms with E-state index in [2.05, 4.69) is 17.2 Å². The largest absolute Gasteiger partial charge is 0.406 e. The summed E-state index contributed by atoms with van der Waals surface area (Å²) in [5.41, 5.74) is 15.1. The summed E-state index contributed by atoms with van der Waals surface area (Å²) in [6, 6.07) is 11.8. The van der Waals surface area contributed by atoms with E-state index < -0.39 is 28.1 Å². The van der Waals surface area contributed by atoms with Gasteiger partial charge in [-0.05, 0) is 80.0 Å². The first kappa shape index (κ1) is 27.0. The molecule has 1 aliphatic rings. The summed E-state index contributed by atoms with van der Waals surface area (Å²) < 4.78 is 65.2. The van der Waals surface area contributed by atoms with Crippen molar-refractivity contribution in [1.82, 2.24) is 4.57 Å². The number of sulfone groups is 1. The minimum Gasteiger partial charge on any atom is -0.374 e. The number of anilines is 1. The lowest BCUT2D eigenvalue weighted by Crippen LogP contribution is -2.43. The molecule has 0 unspecified atom stereocenters. The van der Waals surface area contributed by atoms with Crippen molar-refractivity contribution in [3.05, 3.63) is 59.3 Å². The second-order valence-corrected chi connectivity index (χ2v) is 11.9. The van der Waals surface area contributed by atoms with Crippen LogP contribution in [0.4, 0.5) is 18.9 Å². The highest BCUT2D eigenvalue weighted by Gasteiger charge is 2.35. The summed E-state index contributed by atoms with van der Waals surface area (Å²) in [4.78, 5) is 0.215. The SMILES string of the molecule is Cc1cc(S(C)(=O)=O)ccc1NCC#Cc1cc2c(C3(N)CCC(N)CC3)cccc2n1CC(F)(F)F. The first-order valence-corrected chi connectivity index (χ1v) is 13.9. The van der Waals surface area contributed by atoms with Crippen molar-refractivity contribution in [2.24, 2.45) is 11.5 Å². The van der Waals surface area contributed by atoms with Gasteiger partial charge in [0.2, 0.25) is 0 Å². The van der Waals surface area contributed by atoms with E-state index in [-0.39, 0.29) is 23.2 Å². The predicted octanol–water partition coefficient (Wildman–Crippen LogP) is 4.43. The van der Waals surface area contributed by atoms with E-state index in [0.717, 1.165) is 30.2 Å². The third-order valence-corrected chi connectivity index (χ3v) is 8.06. The second-order valence-electron chi connectivity index (χ2n) is 9.87. The molecule has 4 rings (SSSR count). The molecule has 37 heavy (non-hydrogen) atoms. The molecule has 0 bridgehead atoms. The molecule has 5 N–H and O–H groups in total. The van der Waals surface area contributed by atoms with E-state index in [1.54, 1.807) is 37.3 Å². The number of hydrogen-bond acceptors (Lipinski definition) is 5. The van der Waals surface area contributed by atoms with Crippen LogP contribution in [-0.4, -0.2) is 38.0 Å². The smallest absolute Gasteiger partial charge is 0.374 e. The molecule has 1 saturated carbocycles. The highest BCUT2D eigenvalue weighted by Crippen LogP contribution is 2.39. The van der Waals surface area contributed by atoms with E-state index in [9.17, 15) is 21.6 Å². The van der Waals surface area contributed by atoms with Crippen molar-refractivity contribution >= 4 is 26.4 Å². The Morgan fingerprint density at radius 1 is 1.16 bits per heavy atom. The van der Waals surface area contributed by atoms with Gasteiger partial charge >= 0.3 is 6.18 Å². The number of nitrogens with zero attached hydrogens (tertiary/aromatic N) is 1. The summed E-state index contributed by atoms with van der Waals surface area (Å²) in [6.45, 7) is 0.776. The van der Waals surface area contributed by atoms with Crippen molar-refractivity contribution in [2.75, 3.05) is 18.1 Å². The van der Waals surface area contributed by atoms with Gasteiger partial charge in [0.15, 0.2) is 9.84 Å². The Balaban J connectivity index is 1.65. The van der Waals surface area contributed by atoms with Gasteiger partial charge in [0, 0.05) is 34.4 Å². The van der Waals surface area contributed by atoms with Crippen LogP contribution in [0.3, 0.4) is 0 Å². The number of alkyl halides is 3. The number of halogens is 3. The average Bonchev–Trinajstić information content (AvgIpc) is 3.14. The molecule has 1 aromatic heterocycles. The topological polar surface area (TPSA) is 103 Å². The Morgan fingerprint density at radius 2 is 1.86 bits per heavy atom. The number of aromatic nitrogens is 1. The predicted molar refractivity (Wildman–Crippen MR) is 140 cm³/mol. The maximum absolute atomic E-state index is 13.5. The summed E-state index contributed by atoms with van der Waals surface area (Å²) in [5, 5.41) is 3.78. The van der Waals surface area contributed by atoms with Gasteiger partial charge in [-0.3, -0.25) is 0 Å². The molecule has 0 amide bonds. The van der Waals surface area contributed by atoms with Crippen LogP contribution in [0.25, 0.3) is 10.9 Å². The zero-order chi connectivity index (χ0) is 27.0. The Labute approximate surface area is 215 Å². The molecule has 2 aromatic carbocycles. The van der Waals surface area contributed by atoms with Crippen molar-refractivity contribution in [3.63, 3.8) is 0 Å². The lowest BCUT2D eigenvalue weighted by atomic mass is 9.75. The second kappa shape index (κ2) is 10.0. The zero-order valence-electron chi connectivity index (χ0n) is 20.8. The van der Waals surface area contributed by atoms with Gasteiger partial charge in [0.1, 0.15) is 6.54 Å². The van der Waals surface area contributed by atoms with Crippen LogP contribution < -0.4 is 16.8 Å². The number of rotatable bonds is 5. The fourth-order valence-corrected chi connectivity index (χ4v) is 5.64. The molecule has 198 valence electrons. The van der Waals surface area contributed by atoms with Crippen molar-refractivity contribution in [3.8, 4) is 11.8 Å². The van der Waals surface area contributed by atoms with Gasteiger partial charge in [-0.1, -0.05) is 18.1 Å². The number of fused-ring (bicyclic) bond motifs is 1. The molecule has 0 saturated heterocycles. The maximum Gasteiger partial charge on any atom is 0.406 e. The third-order valence-electron chi connectivity index (χ3n) is 6.95.